The summed E-state index contributed by atoms with van der Waals surface area (Å²) in [5, 5.41) is 0.903. The number of rotatable bonds is 8. The van der Waals surface area contributed by atoms with Gasteiger partial charge in [-0.1, -0.05) is 54.2 Å². The lowest BCUT2D eigenvalue weighted by Crippen LogP contribution is -2.52. The van der Waals surface area contributed by atoms with E-state index in [4.69, 9.17) is 23.2 Å². The molecule has 1 aliphatic carbocycles. The minimum absolute atomic E-state index is 0.0338. The fourth-order valence-electron chi connectivity index (χ4n) is 6.42. The second-order valence-corrected chi connectivity index (χ2v) is 12.5. The Morgan fingerprint density at radius 2 is 1.57 bits per heavy atom. The lowest BCUT2D eigenvalue weighted by atomic mass is 9.91. The Morgan fingerprint density at radius 1 is 0.900 bits per heavy atom. The van der Waals surface area contributed by atoms with E-state index in [1.165, 1.54) is 37.8 Å². The number of likely N-dealkylation sites (tertiary alicyclic amines) is 1. The SMILES string of the molecule is CN(Cc1ccc(F)cc1)C(=O)[C@@]1(c2ccc(Cl)c(Cl)c2)C[C@H]1CN1CCN(C(=O)CN2CCCCCC2)CC1. The van der Waals surface area contributed by atoms with Crippen LogP contribution < -0.4 is 0 Å². The van der Waals surface area contributed by atoms with Crippen LogP contribution in [0.25, 0.3) is 0 Å². The predicted molar refractivity (Wildman–Crippen MR) is 157 cm³/mol. The zero-order chi connectivity index (χ0) is 28.3. The molecule has 0 radical (unpaired) electrons. The smallest absolute Gasteiger partial charge is 0.236 e. The molecule has 0 aromatic heterocycles. The zero-order valence-electron chi connectivity index (χ0n) is 23.3. The first-order valence-corrected chi connectivity index (χ1v) is 15.2. The highest BCUT2D eigenvalue weighted by Gasteiger charge is 2.62. The number of nitrogens with zero attached hydrogens (tertiary/aromatic N) is 4. The molecule has 3 fully saturated rings. The predicted octanol–water partition coefficient (Wildman–Crippen LogP) is 5.07. The normalized spacial score (nSPS) is 24.0. The van der Waals surface area contributed by atoms with Crippen molar-refractivity contribution in [2.24, 2.45) is 5.92 Å². The van der Waals surface area contributed by atoms with Gasteiger partial charge in [0.2, 0.25) is 11.8 Å². The standard InChI is InChI=1S/C31H39Cl2FN4O2/c1-35(20-23-6-9-26(34)10-7-23)30(40)31(24-8-11-27(32)28(33)18-24)19-25(31)21-37-14-16-38(17-15-37)29(39)22-36-12-4-2-3-5-13-36/h6-11,18,25H,2-5,12-17,19-22H2,1H3/t25-,31+/m0/s1. The van der Waals surface area contributed by atoms with Crippen LogP contribution in [0.3, 0.4) is 0 Å². The van der Waals surface area contributed by atoms with Crippen molar-refractivity contribution in [3.05, 3.63) is 69.5 Å². The summed E-state index contributed by atoms with van der Waals surface area (Å²) in [6, 6.07) is 11.8. The number of hydrogen-bond donors (Lipinski definition) is 0. The summed E-state index contributed by atoms with van der Waals surface area (Å²) in [6.45, 7) is 6.80. The molecule has 0 spiro atoms. The molecule has 3 aliphatic rings. The van der Waals surface area contributed by atoms with Gasteiger partial charge in [0.05, 0.1) is 22.0 Å². The Labute approximate surface area is 247 Å². The zero-order valence-corrected chi connectivity index (χ0v) is 24.8. The van der Waals surface area contributed by atoms with Gasteiger partial charge in [-0.05, 0) is 73.7 Å². The van der Waals surface area contributed by atoms with Crippen molar-refractivity contribution in [2.75, 3.05) is 59.4 Å². The Bertz CT molecular complexity index is 1200. The Balaban J connectivity index is 1.22. The Kier molecular flexibility index (Phi) is 9.35. The van der Waals surface area contributed by atoms with Gasteiger partial charge in [0.25, 0.3) is 0 Å². The number of likely N-dealkylation sites (N-methyl/N-ethyl adjacent to an activating group) is 1. The van der Waals surface area contributed by atoms with Gasteiger partial charge in [-0.2, -0.15) is 0 Å². The molecule has 2 amide bonds. The minimum atomic E-state index is -0.678. The van der Waals surface area contributed by atoms with Crippen LogP contribution in [0.1, 0.15) is 43.2 Å². The average Bonchev–Trinajstić information content (AvgIpc) is 3.72. The number of benzene rings is 2. The van der Waals surface area contributed by atoms with Crippen LogP contribution in [0.15, 0.2) is 42.5 Å². The summed E-state index contributed by atoms with van der Waals surface area (Å²) in [7, 11) is 1.80. The highest BCUT2D eigenvalue weighted by molar-refractivity contribution is 6.42. The fraction of sp³-hybridized carbons (Fsp3) is 0.548. The third kappa shape index (κ3) is 6.64. The molecule has 2 aromatic rings. The van der Waals surface area contributed by atoms with Gasteiger partial charge < -0.3 is 9.80 Å². The van der Waals surface area contributed by atoms with Crippen LogP contribution in [0.2, 0.25) is 10.0 Å². The van der Waals surface area contributed by atoms with Crippen LogP contribution >= 0.6 is 23.2 Å². The Morgan fingerprint density at radius 3 is 2.23 bits per heavy atom. The second kappa shape index (κ2) is 12.8. The van der Waals surface area contributed by atoms with E-state index >= 15 is 0 Å². The number of amides is 2. The quantitative estimate of drug-likeness (QED) is 0.432. The van der Waals surface area contributed by atoms with E-state index in [1.54, 1.807) is 30.1 Å². The van der Waals surface area contributed by atoms with E-state index in [-0.39, 0.29) is 23.5 Å². The molecule has 2 aliphatic heterocycles. The largest absolute Gasteiger partial charge is 0.341 e. The molecule has 0 bridgehead atoms. The third-order valence-electron chi connectivity index (χ3n) is 8.86. The van der Waals surface area contributed by atoms with E-state index in [0.29, 0.717) is 23.1 Å². The van der Waals surface area contributed by atoms with E-state index < -0.39 is 5.41 Å². The van der Waals surface area contributed by atoms with Crippen molar-refractivity contribution in [1.82, 2.24) is 19.6 Å². The van der Waals surface area contributed by atoms with Gasteiger partial charge in [-0.3, -0.25) is 19.4 Å². The number of carbonyl (C=O) groups is 2. The van der Waals surface area contributed by atoms with E-state index in [2.05, 4.69) is 9.80 Å². The van der Waals surface area contributed by atoms with Gasteiger partial charge in [-0.25, -0.2) is 4.39 Å². The molecule has 2 atom stereocenters. The monoisotopic (exact) mass is 588 g/mol. The third-order valence-corrected chi connectivity index (χ3v) is 9.60. The van der Waals surface area contributed by atoms with Crippen LogP contribution in [0.5, 0.6) is 0 Å². The molecule has 6 nitrogen and oxygen atoms in total. The highest BCUT2D eigenvalue weighted by Crippen LogP contribution is 2.56. The summed E-state index contributed by atoms with van der Waals surface area (Å²) in [5.74, 6) is 0.102. The fourth-order valence-corrected chi connectivity index (χ4v) is 6.71. The molecule has 2 heterocycles. The second-order valence-electron chi connectivity index (χ2n) is 11.7. The molecule has 9 heteroatoms. The van der Waals surface area contributed by atoms with Crippen molar-refractivity contribution in [3.63, 3.8) is 0 Å². The molecule has 216 valence electrons. The van der Waals surface area contributed by atoms with Crippen LogP contribution in [0.4, 0.5) is 4.39 Å². The molecule has 0 N–H and O–H groups in total. The van der Waals surface area contributed by atoms with Crippen LogP contribution in [-0.4, -0.2) is 90.8 Å². The van der Waals surface area contributed by atoms with Gasteiger partial charge >= 0.3 is 0 Å². The first-order chi connectivity index (χ1) is 19.3. The molecular weight excluding hydrogens is 550 g/mol. The first-order valence-electron chi connectivity index (χ1n) is 14.4. The highest BCUT2D eigenvalue weighted by atomic mass is 35.5. The van der Waals surface area contributed by atoms with Crippen molar-refractivity contribution < 1.29 is 14.0 Å². The minimum Gasteiger partial charge on any atom is -0.341 e. The van der Waals surface area contributed by atoms with E-state index in [0.717, 1.165) is 63.4 Å². The molecule has 2 aromatic carbocycles. The van der Waals surface area contributed by atoms with Crippen LogP contribution in [0, 0.1) is 11.7 Å². The number of piperazine rings is 1. The molecular formula is C31H39Cl2FN4O2. The van der Waals surface area contributed by atoms with Crippen molar-refractivity contribution in [3.8, 4) is 0 Å². The van der Waals surface area contributed by atoms with Crippen molar-refractivity contribution >= 4 is 35.0 Å². The molecule has 2 saturated heterocycles. The summed E-state index contributed by atoms with van der Waals surface area (Å²) >= 11 is 12.6. The maximum absolute atomic E-state index is 14.0. The lowest BCUT2D eigenvalue weighted by Gasteiger charge is -2.36. The molecule has 40 heavy (non-hydrogen) atoms. The maximum Gasteiger partial charge on any atom is 0.236 e. The summed E-state index contributed by atoms with van der Waals surface area (Å²) < 4.78 is 13.4. The maximum atomic E-state index is 14.0. The van der Waals surface area contributed by atoms with Crippen molar-refractivity contribution in [1.29, 1.82) is 0 Å². The summed E-state index contributed by atoms with van der Waals surface area (Å²) in [5.41, 5.74) is 1.08. The lowest BCUT2D eigenvalue weighted by molar-refractivity contribution is -0.134. The average molecular weight is 590 g/mol. The van der Waals surface area contributed by atoms with Gasteiger partial charge in [0, 0.05) is 46.3 Å². The molecule has 1 saturated carbocycles. The van der Waals surface area contributed by atoms with Crippen LogP contribution in [-0.2, 0) is 21.5 Å². The van der Waals surface area contributed by atoms with E-state index in [9.17, 15) is 14.0 Å². The Hall–Kier alpha value is -2.19. The molecule has 0 unspecified atom stereocenters. The number of hydrogen-bond acceptors (Lipinski definition) is 4. The van der Waals surface area contributed by atoms with Gasteiger partial charge in [0.1, 0.15) is 5.82 Å². The first kappa shape index (κ1) is 29.3. The number of halogens is 3. The van der Waals surface area contributed by atoms with Gasteiger partial charge in [0.15, 0.2) is 0 Å². The summed E-state index contributed by atoms with van der Waals surface area (Å²) in [6.07, 6.45) is 5.62. The van der Waals surface area contributed by atoms with Gasteiger partial charge in [-0.15, -0.1) is 0 Å². The topological polar surface area (TPSA) is 47.1 Å². The number of carbonyl (C=O) groups excluding carboxylic acids is 2. The van der Waals surface area contributed by atoms with E-state index in [1.807, 2.05) is 17.0 Å². The van der Waals surface area contributed by atoms with Crippen molar-refractivity contribution in [2.45, 2.75) is 44.1 Å². The summed E-state index contributed by atoms with van der Waals surface area (Å²) in [4.78, 5) is 35.4. The molecule has 5 rings (SSSR count).